The lowest BCUT2D eigenvalue weighted by molar-refractivity contribution is -0.139. The first kappa shape index (κ1) is 28.7. The Hall–Kier alpha value is -1.88. The number of carbonyl (C=O) groups excluding carboxylic acids is 2. The summed E-state index contributed by atoms with van der Waals surface area (Å²) in [6.07, 6.45) is 11.3. The van der Waals surface area contributed by atoms with Crippen LogP contribution in [-0.4, -0.2) is 47.6 Å². The topological polar surface area (TPSA) is 69.6 Å². The molecule has 0 spiro atoms. The molecule has 2 fully saturated rings. The van der Waals surface area contributed by atoms with E-state index in [2.05, 4.69) is 56.4 Å². The minimum absolute atomic E-state index is 0.0273. The predicted molar refractivity (Wildman–Crippen MR) is 147 cm³/mol. The van der Waals surface area contributed by atoms with E-state index >= 15 is 0 Å². The van der Waals surface area contributed by atoms with Crippen molar-refractivity contribution in [2.24, 2.45) is 17.8 Å². The lowest BCUT2D eigenvalue weighted by Crippen LogP contribution is -2.44. The number of amides is 2. The Balaban J connectivity index is 1.91. The summed E-state index contributed by atoms with van der Waals surface area (Å²) in [4.78, 5) is 27.7. The highest BCUT2D eigenvalue weighted by atomic mass is 16.3. The van der Waals surface area contributed by atoms with Gasteiger partial charge >= 0.3 is 0 Å². The van der Waals surface area contributed by atoms with Crippen LogP contribution in [0.3, 0.4) is 0 Å². The summed E-state index contributed by atoms with van der Waals surface area (Å²) >= 11 is 0. The van der Waals surface area contributed by atoms with Crippen molar-refractivity contribution in [3.05, 3.63) is 35.9 Å². The Bertz CT molecular complexity index is 837. The molecule has 1 aromatic carbocycles. The van der Waals surface area contributed by atoms with E-state index in [4.69, 9.17) is 0 Å². The zero-order chi connectivity index (χ0) is 26.2. The van der Waals surface area contributed by atoms with E-state index in [9.17, 15) is 14.7 Å². The molecule has 202 valence electrons. The molecule has 1 saturated carbocycles. The van der Waals surface area contributed by atoms with E-state index in [1.165, 1.54) is 5.56 Å². The zero-order valence-corrected chi connectivity index (χ0v) is 23.2. The fourth-order valence-corrected chi connectivity index (χ4v) is 6.64. The molecule has 0 bridgehead atoms. The molecule has 5 heteroatoms. The molecule has 1 heterocycles. The Labute approximate surface area is 219 Å². The molecular weight excluding hydrogens is 448 g/mol. The highest BCUT2D eigenvalue weighted by Gasteiger charge is 2.41. The lowest BCUT2D eigenvalue weighted by Gasteiger charge is -2.41. The highest BCUT2D eigenvalue weighted by molar-refractivity contribution is 5.80. The summed E-state index contributed by atoms with van der Waals surface area (Å²) < 4.78 is 0. The third-order valence-corrected chi connectivity index (χ3v) is 9.36. The van der Waals surface area contributed by atoms with Crippen LogP contribution in [0.1, 0.15) is 103 Å². The molecule has 2 aliphatic rings. The first-order chi connectivity index (χ1) is 17.2. The third kappa shape index (κ3) is 7.34. The molecule has 1 aromatic rings. The molecule has 2 N–H and O–H groups in total. The van der Waals surface area contributed by atoms with Crippen LogP contribution in [0.5, 0.6) is 0 Å². The number of aliphatic hydroxyl groups is 1. The highest BCUT2D eigenvalue weighted by Crippen LogP contribution is 2.45. The summed E-state index contributed by atoms with van der Waals surface area (Å²) in [5, 5.41) is 13.7. The van der Waals surface area contributed by atoms with Gasteiger partial charge in [-0.1, -0.05) is 63.9 Å². The van der Waals surface area contributed by atoms with Crippen LogP contribution in [0.25, 0.3) is 0 Å². The minimum Gasteiger partial charge on any atom is -0.390 e. The molecule has 5 nitrogen and oxygen atoms in total. The number of nitrogens with zero attached hydrogens (tertiary/aromatic N) is 1. The molecule has 3 rings (SSSR count). The van der Waals surface area contributed by atoms with E-state index in [1.807, 2.05) is 4.90 Å². The minimum atomic E-state index is -0.598. The van der Waals surface area contributed by atoms with Gasteiger partial charge < -0.3 is 15.3 Å². The fraction of sp³-hybridized carbons (Fsp3) is 0.742. The number of nitrogens with one attached hydrogen (secondary N) is 1. The summed E-state index contributed by atoms with van der Waals surface area (Å²) in [6.45, 7) is 7.86. The zero-order valence-electron chi connectivity index (χ0n) is 23.2. The Morgan fingerprint density at radius 2 is 1.83 bits per heavy atom. The van der Waals surface area contributed by atoms with Crippen molar-refractivity contribution in [3.63, 3.8) is 0 Å². The quantitative estimate of drug-likeness (QED) is 0.449. The lowest BCUT2D eigenvalue weighted by atomic mass is 9.66. The van der Waals surface area contributed by atoms with Gasteiger partial charge in [0.1, 0.15) is 0 Å². The van der Waals surface area contributed by atoms with Crippen molar-refractivity contribution >= 4 is 11.8 Å². The SMILES string of the molecule is CCC(C)C[C@]1(c2ccccc2)CCCC(CC2(O)CCC2)C(C)C(=O)N(CCC(=O)NC)CCC1. The average Bonchev–Trinajstić information content (AvgIpc) is 2.89. The normalized spacial score (nSPS) is 28.0. The largest absolute Gasteiger partial charge is 0.390 e. The number of hydrogen-bond donors (Lipinski definition) is 2. The second kappa shape index (κ2) is 13.1. The maximum absolute atomic E-state index is 13.7. The van der Waals surface area contributed by atoms with Crippen LogP contribution < -0.4 is 5.32 Å². The summed E-state index contributed by atoms with van der Waals surface area (Å²) in [7, 11) is 1.65. The van der Waals surface area contributed by atoms with Gasteiger partial charge in [0.05, 0.1) is 5.60 Å². The molecule has 4 atom stereocenters. The monoisotopic (exact) mass is 498 g/mol. The van der Waals surface area contributed by atoms with E-state index in [1.54, 1.807) is 7.05 Å². The van der Waals surface area contributed by atoms with Gasteiger partial charge in [-0.2, -0.15) is 0 Å². The molecule has 1 aliphatic heterocycles. The van der Waals surface area contributed by atoms with Gasteiger partial charge in [0, 0.05) is 32.5 Å². The van der Waals surface area contributed by atoms with E-state index in [0.29, 0.717) is 31.8 Å². The second-order valence-electron chi connectivity index (χ2n) is 11.9. The molecular formula is C31H50N2O3. The molecule has 0 radical (unpaired) electrons. The van der Waals surface area contributed by atoms with E-state index in [-0.39, 0.29) is 29.1 Å². The number of benzene rings is 1. The van der Waals surface area contributed by atoms with Crippen LogP contribution in [-0.2, 0) is 15.0 Å². The van der Waals surface area contributed by atoms with Gasteiger partial charge in [0.25, 0.3) is 0 Å². The Kier molecular flexibility index (Phi) is 10.4. The van der Waals surface area contributed by atoms with Crippen LogP contribution >= 0.6 is 0 Å². The first-order valence-electron chi connectivity index (χ1n) is 14.5. The van der Waals surface area contributed by atoms with Crippen molar-refractivity contribution < 1.29 is 14.7 Å². The average molecular weight is 499 g/mol. The molecule has 0 aromatic heterocycles. The van der Waals surface area contributed by atoms with Crippen LogP contribution in [0.2, 0.25) is 0 Å². The van der Waals surface area contributed by atoms with Crippen molar-refractivity contribution in [1.82, 2.24) is 10.2 Å². The van der Waals surface area contributed by atoms with Crippen LogP contribution in [0, 0.1) is 17.8 Å². The fourth-order valence-electron chi connectivity index (χ4n) is 6.64. The number of rotatable bonds is 9. The maximum Gasteiger partial charge on any atom is 0.225 e. The Morgan fingerprint density at radius 1 is 1.14 bits per heavy atom. The smallest absolute Gasteiger partial charge is 0.225 e. The molecule has 3 unspecified atom stereocenters. The van der Waals surface area contributed by atoms with Crippen molar-refractivity contribution in [3.8, 4) is 0 Å². The second-order valence-corrected chi connectivity index (χ2v) is 11.9. The van der Waals surface area contributed by atoms with Gasteiger partial charge in [-0.25, -0.2) is 0 Å². The molecule has 36 heavy (non-hydrogen) atoms. The molecule has 1 saturated heterocycles. The standard InChI is InChI=1S/C31H50N2O3/c1-5-24(2)22-30(27-13-7-6-8-14-27)16-9-12-26(23-31(36)18-10-19-31)25(3)29(35)33(20-11-17-30)21-15-28(34)32-4/h6-8,13-14,24-26,36H,5,9-12,15-23H2,1-4H3,(H,32,34)/t24?,25?,26?,30-/m0/s1. The Morgan fingerprint density at radius 3 is 2.44 bits per heavy atom. The first-order valence-corrected chi connectivity index (χ1v) is 14.5. The number of hydrogen-bond acceptors (Lipinski definition) is 3. The van der Waals surface area contributed by atoms with E-state index in [0.717, 1.165) is 64.2 Å². The van der Waals surface area contributed by atoms with Crippen molar-refractivity contribution in [1.29, 1.82) is 0 Å². The van der Waals surface area contributed by atoms with E-state index < -0.39 is 5.60 Å². The predicted octanol–water partition coefficient (Wildman–Crippen LogP) is 5.85. The number of carbonyl (C=O) groups is 2. The van der Waals surface area contributed by atoms with Gasteiger partial charge in [-0.3, -0.25) is 9.59 Å². The van der Waals surface area contributed by atoms with Crippen LogP contribution in [0.15, 0.2) is 30.3 Å². The molecule has 1 aliphatic carbocycles. The van der Waals surface area contributed by atoms with Crippen LogP contribution in [0.4, 0.5) is 0 Å². The maximum atomic E-state index is 13.7. The summed E-state index contributed by atoms with van der Waals surface area (Å²) in [5.41, 5.74) is 0.923. The third-order valence-electron chi connectivity index (χ3n) is 9.36. The summed E-state index contributed by atoms with van der Waals surface area (Å²) in [5.74, 6) is 0.784. The van der Waals surface area contributed by atoms with Crippen molar-refractivity contribution in [2.45, 2.75) is 109 Å². The van der Waals surface area contributed by atoms with Gasteiger partial charge in [0.2, 0.25) is 11.8 Å². The van der Waals surface area contributed by atoms with Gasteiger partial charge in [0.15, 0.2) is 0 Å². The van der Waals surface area contributed by atoms with Gasteiger partial charge in [-0.15, -0.1) is 0 Å². The van der Waals surface area contributed by atoms with Gasteiger partial charge in [-0.05, 0) is 80.6 Å². The summed E-state index contributed by atoms with van der Waals surface area (Å²) in [6, 6.07) is 11.0. The van der Waals surface area contributed by atoms with Crippen molar-refractivity contribution in [2.75, 3.05) is 20.1 Å². The molecule has 2 amide bonds.